The smallest absolute Gasteiger partial charge is 0.225 e. The van der Waals surface area contributed by atoms with Gasteiger partial charge in [-0.3, -0.25) is 14.8 Å². The molecular weight excluding hydrogens is 493 g/mol. The van der Waals surface area contributed by atoms with Crippen molar-refractivity contribution in [2.75, 3.05) is 45.7 Å². The normalized spacial score (nSPS) is 18.1. The van der Waals surface area contributed by atoms with E-state index in [0.29, 0.717) is 25.4 Å². The van der Waals surface area contributed by atoms with Crippen LogP contribution in [0.3, 0.4) is 0 Å². The number of aryl methyl sites for hydroxylation is 1. The lowest BCUT2D eigenvalue weighted by molar-refractivity contribution is -0.133. The van der Waals surface area contributed by atoms with Gasteiger partial charge in [0, 0.05) is 56.0 Å². The number of aromatic amines is 1. The summed E-state index contributed by atoms with van der Waals surface area (Å²) in [4.78, 5) is 27.7. The number of fused-ring (bicyclic) bond motifs is 4. The summed E-state index contributed by atoms with van der Waals surface area (Å²) >= 11 is 1.65. The van der Waals surface area contributed by atoms with Gasteiger partial charge in [0.25, 0.3) is 0 Å². The first kappa shape index (κ1) is 24.1. The Bertz CT molecular complexity index is 1450. The monoisotopic (exact) mass is 523 g/mol. The largest absolute Gasteiger partial charge is 0.491 e. The van der Waals surface area contributed by atoms with E-state index >= 15 is 0 Å². The van der Waals surface area contributed by atoms with Crippen LogP contribution in [0, 0.1) is 5.92 Å². The molecule has 4 heterocycles. The highest BCUT2D eigenvalue weighted by Crippen LogP contribution is 2.42. The Morgan fingerprint density at radius 2 is 2.19 bits per heavy atom. The summed E-state index contributed by atoms with van der Waals surface area (Å²) in [6, 6.07) is 3.96. The van der Waals surface area contributed by atoms with Crippen LogP contribution < -0.4 is 10.1 Å². The molecule has 0 radical (unpaired) electrons. The zero-order valence-corrected chi connectivity index (χ0v) is 21.8. The average Bonchev–Trinajstić information content (AvgIpc) is 3.48. The minimum atomic E-state index is -0.689. The molecular formula is C26H30FN7O2S. The van der Waals surface area contributed by atoms with E-state index in [1.807, 2.05) is 26.2 Å². The fourth-order valence-electron chi connectivity index (χ4n) is 5.26. The lowest BCUT2D eigenvalue weighted by Gasteiger charge is -2.34. The van der Waals surface area contributed by atoms with E-state index in [1.54, 1.807) is 28.8 Å². The molecule has 6 rings (SSSR count). The molecule has 1 aromatic carbocycles. The van der Waals surface area contributed by atoms with E-state index in [1.165, 1.54) is 10.4 Å². The van der Waals surface area contributed by atoms with Crippen molar-refractivity contribution in [3.05, 3.63) is 35.1 Å². The minimum Gasteiger partial charge on any atom is -0.491 e. The lowest BCUT2D eigenvalue weighted by atomic mass is 9.87. The van der Waals surface area contributed by atoms with Gasteiger partial charge in [-0.25, -0.2) is 14.4 Å². The maximum absolute atomic E-state index is 13.1. The highest BCUT2D eigenvalue weighted by Gasteiger charge is 2.30. The molecule has 9 nitrogen and oxygen atoms in total. The molecule has 0 saturated carbocycles. The van der Waals surface area contributed by atoms with Crippen molar-refractivity contribution in [1.29, 1.82) is 0 Å². The highest BCUT2D eigenvalue weighted by molar-refractivity contribution is 7.19. The number of amides is 1. The van der Waals surface area contributed by atoms with Crippen molar-refractivity contribution < 1.29 is 13.9 Å². The van der Waals surface area contributed by atoms with Crippen molar-refractivity contribution in [1.82, 2.24) is 30.0 Å². The number of hydrogen-bond donors (Lipinski definition) is 2. The van der Waals surface area contributed by atoms with Crippen LogP contribution in [0.2, 0.25) is 0 Å². The number of hydrogen-bond acceptors (Lipinski definition) is 8. The number of carbonyl (C=O) groups is 1. The van der Waals surface area contributed by atoms with Crippen LogP contribution in [-0.4, -0.2) is 82.4 Å². The molecule has 1 fully saturated rings. The number of rotatable bonds is 8. The Balaban J connectivity index is 1.26. The predicted molar refractivity (Wildman–Crippen MR) is 142 cm³/mol. The molecule has 11 heteroatoms. The fourth-order valence-corrected chi connectivity index (χ4v) is 6.52. The average molecular weight is 524 g/mol. The summed E-state index contributed by atoms with van der Waals surface area (Å²) in [6.07, 6.45) is 5.87. The van der Waals surface area contributed by atoms with Gasteiger partial charge in [-0.1, -0.05) is 0 Å². The summed E-state index contributed by atoms with van der Waals surface area (Å²) in [6.45, 7) is 2.38. The van der Waals surface area contributed by atoms with Crippen molar-refractivity contribution in [3.63, 3.8) is 0 Å². The van der Waals surface area contributed by atoms with Crippen LogP contribution in [0.1, 0.15) is 23.3 Å². The fraction of sp³-hybridized carbons (Fsp3) is 0.462. The van der Waals surface area contributed by atoms with Crippen LogP contribution in [-0.2, 0) is 17.6 Å². The molecule has 1 aliphatic carbocycles. The third-order valence-corrected chi connectivity index (χ3v) is 8.38. The molecule has 2 aliphatic rings. The van der Waals surface area contributed by atoms with Gasteiger partial charge in [-0.05, 0) is 37.3 Å². The number of nitrogens with zero attached hydrogens (tertiary/aromatic N) is 5. The summed E-state index contributed by atoms with van der Waals surface area (Å²) in [5.41, 5.74) is 2.93. The Morgan fingerprint density at radius 3 is 3.00 bits per heavy atom. The van der Waals surface area contributed by atoms with Gasteiger partial charge in [-0.15, -0.1) is 11.3 Å². The van der Waals surface area contributed by atoms with E-state index in [0.717, 1.165) is 64.9 Å². The number of aromatic nitrogens is 4. The first-order valence-electron chi connectivity index (χ1n) is 12.7. The van der Waals surface area contributed by atoms with Gasteiger partial charge in [0.15, 0.2) is 0 Å². The summed E-state index contributed by atoms with van der Waals surface area (Å²) < 4.78 is 19.3. The molecule has 2 N–H and O–H groups in total. The Hall–Kier alpha value is -3.31. The molecule has 37 heavy (non-hydrogen) atoms. The second kappa shape index (κ2) is 9.86. The molecule has 1 amide bonds. The van der Waals surface area contributed by atoms with Gasteiger partial charge in [0.05, 0.1) is 29.4 Å². The molecule has 3 aromatic heterocycles. The van der Waals surface area contributed by atoms with Gasteiger partial charge in [0.2, 0.25) is 5.91 Å². The first-order valence-corrected chi connectivity index (χ1v) is 13.5. The van der Waals surface area contributed by atoms with Gasteiger partial charge < -0.3 is 15.0 Å². The molecule has 1 aliphatic heterocycles. The number of thiophene rings is 1. The Kier molecular flexibility index (Phi) is 6.41. The first-order chi connectivity index (χ1) is 18.0. The molecule has 1 atom stereocenters. The van der Waals surface area contributed by atoms with E-state index in [9.17, 15) is 9.18 Å². The number of likely N-dealkylation sites (tertiary alicyclic amines) is 1. The number of H-pyrrole nitrogens is 1. The molecule has 0 spiro atoms. The maximum atomic E-state index is 13.1. The van der Waals surface area contributed by atoms with Crippen LogP contribution in [0.5, 0.6) is 5.75 Å². The van der Waals surface area contributed by atoms with Crippen molar-refractivity contribution >= 4 is 49.9 Å². The number of benzene rings is 1. The van der Waals surface area contributed by atoms with E-state index in [2.05, 4.69) is 30.4 Å². The number of alkyl halides is 1. The minimum absolute atomic E-state index is 0.00971. The Morgan fingerprint density at radius 1 is 1.32 bits per heavy atom. The molecule has 4 aromatic rings. The van der Waals surface area contributed by atoms with Crippen molar-refractivity contribution in [3.8, 4) is 5.75 Å². The van der Waals surface area contributed by atoms with Crippen LogP contribution in [0.4, 0.5) is 15.9 Å². The topological polar surface area (TPSA) is 99.3 Å². The van der Waals surface area contributed by atoms with Crippen LogP contribution in [0.25, 0.3) is 21.1 Å². The van der Waals surface area contributed by atoms with E-state index in [4.69, 9.17) is 4.74 Å². The van der Waals surface area contributed by atoms with E-state index in [-0.39, 0.29) is 11.8 Å². The molecule has 1 saturated heterocycles. The number of ether oxygens (including phenoxy) is 1. The lowest BCUT2D eigenvalue weighted by Crippen LogP contribution is -2.48. The zero-order valence-electron chi connectivity index (χ0n) is 21.0. The van der Waals surface area contributed by atoms with Crippen LogP contribution in [0.15, 0.2) is 24.7 Å². The molecule has 1 unspecified atom stereocenters. The van der Waals surface area contributed by atoms with Gasteiger partial charge in [-0.2, -0.15) is 5.10 Å². The molecule has 0 bridgehead atoms. The maximum Gasteiger partial charge on any atom is 0.225 e. The summed E-state index contributed by atoms with van der Waals surface area (Å²) in [5, 5.41) is 12.7. The number of carbonyl (C=O) groups excluding carboxylic acids is 1. The number of anilines is 2. The number of halogens is 1. The second-order valence-electron chi connectivity index (χ2n) is 10.1. The number of nitrogens with one attached hydrogen (secondary N) is 2. The van der Waals surface area contributed by atoms with Gasteiger partial charge >= 0.3 is 0 Å². The third-order valence-electron chi connectivity index (χ3n) is 7.22. The van der Waals surface area contributed by atoms with Crippen LogP contribution >= 0.6 is 11.3 Å². The predicted octanol–water partition coefficient (Wildman–Crippen LogP) is 3.93. The second-order valence-corrected chi connectivity index (χ2v) is 11.2. The zero-order chi connectivity index (χ0) is 25.5. The van der Waals surface area contributed by atoms with Crippen molar-refractivity contribution in [2.45, 2.75) is 31.9 Å². The molecule has 194 valence electrons. The van der Waals surface area contributed by atoms with E-state index < -0.39 is 6.17 Å². The van der Waals surface area contributed by atoms with Crippen molar-refractivity contribution in [2.24, 2.45) is 5.92 Å². The quantitative estimate of drug-likeness (QED) is 0.338. The Labute approximate surface area is 218 Å². The standard InChI is InChI=1S/C26H30FN7O2S/c1-33(2)26(35)15-4-5-18-22(9-15)37-25-23(18)24(28-14-29-25)31-20-8-16-11-30-32-19(16)10-21(20)36-7-3-6-34-12-17(27)13-34/h8,10-11,14-15,17H,3-7,9,12-13H2,1-2H3,(H,30,32)(H,28,29,31). The van der Waals surface area contributed by atoms with Gasteiger partial charge in [0.1, 0.15) is 28.9 Å². The summed E-state index contributed by atoms with van der Waals surface area (Å²) in [5.74, 6) is 1.63. The summed E-state index contributed by atoms with van der Waals surface area (Å²) in [7, 11) is 3.63. The highest BCUT2D eigenvalue weighted by atomic mass is 32.1. The SMILES string of the molecule is CN(C)C(=O)C1CCc2c(sc3ncnc(Nc4cc5cn[nH]c5cc4OCCCN4CC(F)C4)c23)C1. The third kappa shape index (κ3) is 4.73.